The second-order valence-electron chi connectivity index (χ2n) is 6.18. The number of nitrogens with one attached hydrogen (secondary N) is 1. The van der Waals surface area contributed by atoms with Gasteiger partial charge in [0.2, 0.25) is 11.8 Å². The van der Waals surface area contributed by atoms with Crippen LogP contribution in [0.3, 0.4) is 0 Å². The van der Waals surface area contributed by atoms with Crippen LogP contribution in [0, 0.1) is 5.92 Å². The summed E-state index contributed by atoms with van der Waals surface area (Å²) in [6.45, 7) is 3.23. The van der Waals surface area contributed by atoms with Gasteiger partial charge in [0, 0.05) is 27.1 Å². The molecular weight excluding hydrogens is 268 g/mol. The first-order valence-corrected chi connectivity index (χ1v) is 7.59. The van der Waals surface area contributed by atoms with Crippen molar-refractivity contribution in [2.24, 2.45) is 13.0 Å². The molecule has 1 fully saturated rings. The molecule has 1 aliphatic carbocycles. The topological polar surface area (TPSA) is 67.2 Å². The van der Waals surface area contributed by atoms with E-state index in [1.54, 1.807) is 11.2 Å². The van der Waals surface area contributed by atoms with Crippen LogP contribution in [0.5, 0.6) is 0 Å². The van der Waals surface area contributed by atoms with E-state index < -0.39 is 0 Å². The predicted molar refractivity (Wildman–Crippen MR) is 77.4 cm³/mol. The molecule has 2 amide bonds. The number of fused-ring (bicyclic) bond motifs is 1. The van der Waals surface area contributed by atoms with E-state index in [2.05, 4.69) is 10.3 Å². The van der Waals surface area contributed by atoms with Gasteiger partial charge >= 0.3 is 0 Å². The maximum absolute atomic E-state index is 12.5. The summed E-state index contributed by atoms with van der Waals surface area (Å²) in [5.41, 5.74) is 1.78. The lowest BCUT2D eigenvalue weighted by Crippen LogP contribution is -2.45. The molecule has 21 heavy (non-hydrogen) atoms. The lowest BCUT2D eigenvalue weighted by atomic mass is 9.85. The number of nitrogens with zero attached hydrogens (tertiary/aromatic N) is 3. The van der Waals surface area contributed by atoms with Crippen LogP contribution in [-0.4, -0.2) is 39.4 Å². The van der Waals surface area contributed by atoms with Crippen LogP contribution < -0.4 is 5.32 Å². The predicted octanol–water partition coefficient (Wildman–Crippen LogP) is 0.782. The van der Waals surface area contributed by atoms with Gasteiger partial charge < -0.3 is 14.8 Å². The van der Waals surface area contributed by atoms with E-state index in [-0.39, 0.29) is 17.7 Å². The van der Waals surface area contributed by atoms with Crippen molar-refractivity contribution in [1.82, 2.24) is 19.8 Å². The Morgan fingerprint density at radius 2 is 2.19 bits per heavy atom. The van der Waals surface area contributed by atoms with E-state index in [0.717, 1.165) is 17.9 Å². The minimum absolute atomic E-state index is 0.0110. The number of imidazole rings is 1. The Labute approximate surface area is 124 Å². The lowest BCUT2D eigenvalue weighted by molar-refractivity contribution is -0.131. The summed E-state index contributed by atoms with van der Waals surface area (Å²) in [5.74, 6) is 0.318. The highest BCUT2D eigenvalue weighted by Gasteiger charge is 2.35. The molecule has 1 saturated carbocycles. The van der Waals surface area contributed by atoms with Gasteiger partial charge in [-0.2, -0.15) is 0 Å². The van der Waals surface area contributed by atoms with E-state index in [0.29, 0.717) is 19.0 Å². The highest BCUT2D eigenvalue weighted by Crippen LogP contribution is 2.29. The van der Waals surface area contributed by atoms with Crippen molar-refractivity contribution in [1.29, 1.82) is 0 Å². The second kappa shape index (κ2) is 5.50. The standard InChI is InChI=1S/C15H22N4O2/c1-10(20)19-7-12(14-13(8-19)17-9-18(14)2)15(21)16-6-11-4-3-5-11/h9,11-12H,3-8H2,1-2H3,(H,16,21)/t12-/m1/s1. The van der Waals surface area contributed by atoms with Crippen molar-refractivity contribution in [3.63, 3.8) is 0 Å². The Balaban J connectivity index is 1.76. The molecule has 1 aromatic heterocycles. The van der Waals surface area contributed by atoms with Crippen LogP contribution in [0.15, 0.2) is 6.33 Å². The first-order valence-electron chi connectivity index (χ1n) is 7.59. The van der Waals surface area contributed by atoms with Crippen LogP contribution in [0.4, 0.5) is 0 Å². The number of amides is 2. The smallest absolute Gasteiger partial charge is 0.230 e. The molecule has 0 bridgehead atoms. The lowest BCUT2D eigenvalue weighted by Gasteiger charge is -2.32. The molecular formula is C15H22N4O2. The van der Waals surface area contributed by atoms with Crippen molar-refractivity contribution < 1.29 is 9.59 Å². The highest BCUT2D eigenvalue weighted by molar-refractivity contribution is 5.85. The maximum atomic E-state index is 12.5. The van der Waals surface area contributed by atoms with E-state index >= 15 is 0 Å². The van der Waals surface area contributed by atoms with Crippen molar-refractivity contribution in [2.45, 2.75) is 38.6 Å². The molecule has 2 aliphatic rings. The number of carbonyl (C=O) groups excluding carboxylic acids is 2. The van der Waals surface area contributed by atoms with Crippen molar-refractivity contribution in [2.75, 3.05) is 13.1 Å². The molecule has 1 aliphatic heterocycles. The summed E-state index contributed by atoms with van der Waals surface area (Å²) in [6.07, 6.45) is 5.41. The molecule has 0 radical (unpaired) electrons. The maximum Gasteiger partial charge on any atom is 0.230 e. The fourth-order valence-electron chi connectivity index (χ4n) is 3.12. The molecule has 1 aromatic rings. The Bertz CT molecular complexity index is 562. The summed E-state index contributed by atoms with van der Waals surface area (Å²) in [4.78, 5) is 30.2. The fourth-order valence-corrected chi connectivity index (χ4v) is 3.12. The van der Waals surface area contributed by atoms with Gasteiger partial charge in [-0.3, -0.25) is 9.59 Å². The number of carbonyl (C=O) groups is 2. The van der Waals surface area contributed by atoms with E-state index in [9.17, 15) is 9.59 Å². The van der Waals surface area contributed by atoms with E-state index in [4.69, 9.17) is 0 Å². The second-order valence-corrected chi connectivity index (χ2v) is 6.18. The molecule has 0 aromatic carbocycles. The summed E-state index contributed by atoms with van der Waals surface area (Å²) in [5, 5.41) is 3.05. The molecule has 0 unspecified atom stereocenters. The first kappa shape index (κ1) is 14.1. The van der Waals surface area contributed by atoms with Gasteiger partial charge in [0.25, 0.3) is 0 Å². The molecule has 114 valence electrons. The van der Waals surface area contributed by atoms with E-state index in [1.165, 1.54) is 26.2 Å². The SMILES string of the molecule is CC(=O)N1Cc2ncn(C)c2[C@H](C(=O)NCC2CCC2)C1. The van der Waals surface area contributed by atoms with Gasteiger partial charge in [-0.15, -0.1) is 0 Å². The van der Waals surface area contributed by atoms with Crippen LogP contribution in [0.2, 0.25) is 0 Å². The average Bonchev–Trinajstić information content (AvgIpc) is 2.77. The molecule has 1 atom stereocenters. The van der Waals surface area contributed by atoms with Crippen LogP contribution in [0.25, 0.3) is 0 Å². The molecule has 6 heteroatoms. The summed E-state index contributed by atoms with van der Waals surface area (Å²) in [7, 11) is 1.90. The molecule has 0 saturated heterocycles. The molecule has 0 spiro atoms. The van der Waals surface area contributed by atoms with Gasteiger partial charge in [-0.05, 0) is 18.8 Å². The fraction of sp³-hybridized carbons (Fsp3) is 0.667. The first-order chi connectivity index (χ1) is 10.1. The van der Waals surface area contributed by atoms with Crippen molar-refractivity contribution in [3.8, 4) is 0 Å². The van der Waals surface area contributed by atoms with Crippen LogP contribution in [-0.2, 0) is 23.2 Å². The summed E-state index contributed by atoms with van der Waals surface area (Å²) < 4.78 is 1.90. The van der Waals surface area contributed by atoms with Crippen LogP contribution in [0.1, 0.15) is 43.5 Å². The minimum atomic E-state index is -0.315. The van der Waals surface area contributed by atoms with Crippen molar-refractivity contribution >= 4 is 11.8 Å². The molecule has 1 N–H and O–H groups in total. The van der Waals surface area contributed by atoms with Gasteiger partial charge in [0.15, 0.2) is 0 Å². The van der Waals surface area contributed by atoms with Gasteiger partial charge in [0.1, 0.15) is 0 Å². The largest absolute Gasteiger partial charge is 0.355 e. The third-order valence-corrected chi connectivity index (χ3v) is 4.69. The molecule has 3 rings (SSSR count). The zero-order valence-corrected chi connectivity index (χ0v) is 12.6. The Morgan fingerprint density at radius 3 is 2.81 bits per heavy atom. The third-order valence-electron chi connectivity index (χ3n) is 4.69. The molecule has 2 heterocycles. The minimum Gasteiger partial charge on any atom is -0.355 e. The van der Waals surface area contributed by atoms with Crippen LogP contribution >= 0.6 is 0 Å². The molecule has 6 nitrogen and oxygen atoms in total. The van der Waals surface area contributed by atoms with Gasteiger partial charge in [0.05, 0.1) is 30.2 Å². The zero-order valence-electron chi connectivity index (χ0n) is 12.6. The number of rotatable bonds is 3. The summed E-state index contributed by atoms with van der Waals surface area (Å²) >= 11 is 0. The Morgan fingerprint density at radius 1 is 1.43 bits per heavy atom. The number of hydrogen-bond donors (Lipinski definition) is 1. The normalized spacial score (nSPS) is 21.6. The summed E-state index contributed by atoms with van der Waals surface area (Å²) in [6, 6.07) is 0. The Hall–Kier alpha value is -1.85. The zero-order chi connectivity index (χ0) is 15.0. The Kier molecular flexibility index (Phi) is 3.69. The number of hydrogen-bond acceptors (Lipinski definition) is 3. The number of aryl methyl sites for hydroxylation is 1. The average molecular weight is 290 g/mol. The number of aromatic nitrogens is 2. The van der Waals surface area contributed by atoms with Gasteiger partial charge in [-0.1, -0.05) is 6.42 Å². The van der Waals surface area contributed by atoms with Gasteiger partial charge in [-0.25, -0.2) is 4.98 Å². The quantitative estimate of drug-likeness (QED) is 0.894. The highest BCUT2D eigenvalue weighted by atomic mass is 16.2. The third kappa shape index (κ3) is 2.66. The van der Waals surface area contributed by atoms with E-state index in [1.807, 2.05) is 11.6 Å². The van der Waals surface area contributed by atoms with Crippen molar-refractivity contribution in [3.05, 3.63) is 17.7 Å². The monoisotopic (exact) mass is 290 g/mol.